The van der Waals surface area contributed by atoms with Gasteiger partial charge < -0.3 is 10.0 Å². The Balaban J connectivity index is 2.19. The van der Waals surface area contributed by atoms with Crippen LogP contribution in [0.4, 0.5) is 5.69 Å². The zero-order valence-corrected chi connectivity index (χ0v) is 9.89. The van der Waals surface area contributed by atoms with Gasteiger partial charge in [0.15, 0.2) is 0 Å². The second-order valence-corrected chi connectivity index (χ2v) is 5.10. The maximum absolute atomic E-state index is 9.05. The third kappa shape index (κ3) is 2.47. The van der Waals surface area contributed by atoms with Crippen LogP contribution >= 0.6 is 11.8 Å². The molecule has 0 amide bonds. The Kier molecular flexibility index (Phi) is 3.54. The third-order valence-electron chi connectivity index (χ3n) is 2.80. The lowest BCUT2D eigenvalue weighted by Crippen LogP contribution is -2.32. The number of aryl methyl sites for hydroxylation is 1. The van der Waals surface area contributed by atoms with Crippen molar-refractivity contribution >= 4 is 17.4 Å². The molecule has 1 fully saturated rings. The minimum Gasteiger partial charge on any atom is -0.392 e. The van der Waals surface area contributed by atoms with Crippen LogP contribution < -0.4 is 4.90 Å². The molecular formula is C12H17NOS. The lowest BCUT2D eigenvalue weighted by atomic mass is 10.1. The molecule has 1 N–H and O–H groups in total. The molecule has 0 radical (unpaired) electrons. The molecule has 82 valence electrons. The van der Waals surface area contributed by atoms with Gasteiger partial charge in [0.1, 0.15) is 0 Å². The van der Waals surface area contributed by atoms with E-state index in [1.54, 1.807) is 0 Å². The first-order valence-electron chi connectivity index (χ1n) is 5.34. The molecule has 0 unspecified atom stereocenters. The van der Waals surface area contributed by atoms with Crippen LogP contribution in [0.2, 0.25) is 0 Å². The number of aliphatic hydroxyl groups excluding tert-OH is 1. The zero-order valence-electron chi connectivity index (χ0n) is 9.07. The summed E-state index contributed by atoms with van der Waals surface area (Å²) in [5.74, 6) is 2.45. The summed E-state index contributed by atoms with van der Waals surface area (Å²) in [5, 5.41) is 9.05. The van der Waals surface area contributed by atoms with Crippen LogP contribution in [0.25, 0.3) is 0 Å². The van der Waals surface area contributed by atoms with Crippen molar-refractivity contribution in [2.45, 2.75) is 13.5 Å². The van der Waals surface area contributed by atoms with Gasteiger partial charge in [-0.15, -0.1) is 0 Å². The number of nitrogens with zero attached hydrogens (tertiary/aromatic N) is 1. The van der Waals surface area contributed by atoms with Crippen molar-refractivity contribution in [2.24, 2.45) is 0 Å². The van der Waals surface area contributed by atoms with Gasteiger partial charge >= 0.3 is 0 Å². The Morgan fingerprint density at radius 1 is 1.33 bits per heavy atom. The maximum atomic E-state index is 9.05. The molecule has 3 heteroatoms. The summed E-state index contributed by atoms with van der Waals surface area (Å²) in [6, 6.07) is 6.23. The van der Waals surface area contributed by atoms with E-state index in [9.17, 15) is 0 Å². The van der Waals surface area contributed by atoms with Crippen LogP contribution in [-0.4, -0.2) is 29.7 Å². The first-order valence-corrected chi connectivity index (χ1v) is 6.50. The van der Waals surface area contributed by atoms with Crippen molar-refractivity contribution in [1.29, 1.82) is 0 Å². The SMILES string of the molecule is Cc1cc(CO)ccc1N1CCSCC1. The summed E-state index contributed by atoms with van der Waals surface area (Å²) in [4.78, 5) is 2.44. The quantitative estimate of drug-likeness (QED) is 0.830. The van der Waals surface area contributed by atoms with Gasteiger partial charge in [0.25, 0.3) is 0 Å². The minimum absolute atomic E-state index is 0.136. The zero-order chi connectivity index (χ0) is 10.7. The smallest absolute Gasteiger partial charge is 0.0681 e. The van der Waals surface area contributed by atoms with Crippen molar-refractivity contribution in [3.05, 3.63) is 29.3 Å². The molecule has 0 aromatic heterocycles. The van der Waals surface area contributed by atoms with Crippen LogP contribution in [0.15, 0.2) is 18.2 Å². The van der Waals surface area contributed by atoms with Gasteiger partial charge in [-0.3, -0.25) is 0 Å². The van der Waals surface area contributed by atoms with Crippen molar-refractivity contribution in [3.63, 3.8) is 0 Å². The second kappa shape index (κ2) is 4.90. The molecule has 1 aliphatic rings. The Morgan fingerprint density at radius 2 is 2.07 bits per heavy atom. The van der Waals surface area contributed by atoms with Gasteiger partial charge in [0.2, 0.25) is 0 Å². The monoisotopic (exact) mass is 223 g/mol. The average molecular weight is 223 g/mol. The van der Waals surface area contributed by atoms with E-state index in [1.807, 2.05) is 17.8 Å². The van der Waals surface area contributed by atoms with Gasteiger partial charge in [-0.1, -0.05) is 12.1 Å². The molecule has 0 bridgehead atoms. The predicted octanol–water partition coefficient (Wildman–Crippen LogP) is 2.04. The minimum atomic E-state index is 0.136. The predicted molar refractivity (Wildman–Crippen MR) is 66.6 cm³/mol. The summed E-state index contributed by atoms with van der Waals surface area (Å²) in [6.07, 6.45) is 0. The van der Waals surface area contributed by atoms with Crippen molar-refractivity contribution in [1.82, 2.24) is 0 Å². The van der Waals surface area contributed by atoms with E-state index in [1.165, 1.54) is 22.8 Å². The van der Waals surface area contributed by atoms with Crippen LogP contribution in [0.1, 0.15) is 11.1 Å². The lowest BCUT2D eigenvalue weighted by Gasteiger charge is -2.30. The van der Waals surface area contributed by atoms with Crippen molar-refractivity contribution < 1.29 is 5.11 Å². The number of hydrogen-bond donors (Lipinski definition) is 1. The fraction of sp³-hybridized carbons (Fsp3) is 0.500. The normalized spacial score (nSPS) is 16.8. The molecule has 15 heavy (non-hydrogen) atoms. The van der Waals surface area contributed by atoms with Crippen LogP contribution in [-0.2, 0) is 6.61 Å². The highest BCUT2D eigenvalue weighted by Gasteiger charge is 2.12. The second-order valence-electron chi connectivity index (χ2n) is 3.88. The Morgan fingerprint density at radius 3 is 2.67 bits per heavy atom. The van der Waals surface area contributed by atoms with E-state index >= 15 is 0 Å². The fourth-order valence-corrected chi connectivity index (χ4v) is 2.88. The molecule has 0 atom stereocenters. The van der Waals surface area contributed by atoms with Gasteiger partial charge in [-0.25, -0.2) is 0 Å². The van der Waals surface area contributed by atoms with E-state index in [0.717, 1.165) is 18.7 Å². The standard InChI is InChI=1S/C12H17NOS/c1-10-8-11(9-14)2-3-12(10)13-4-6-15-7-5-13/h2-3,8,14H,4-7,9H2,1H3. The first-order chi connectivity index (χ1) is 7.31. The molecule has 1 aromatic rings. The van der Waals surface area contributed by atoms with E-state index in [2.05, 4.69) is 24.0 Å². The van der Waals surface area contributed by atoms with Crippen LogP contribution in [0, 0.1) is 6.92 Å². The summed E-state index contributed by atoms with van der Waals surface area (Å²) in [5.41, 5.74) is 3.60. The van der Waals surface area contributed by atoms with Crippen molar-refractivity contribution in [3.8, 4) is 0 Å². The van der Waals surface area contributed by atoms with Crippen molar-refractivity contribution in [2.75, 3.05) is 29.5 Å². The molecule has 1 aromatic carbocycles. The molecule has 0 spiro atoms. The molecule has 2 rings (SSSR count). The van der Waals surface area contributed by atoms with E-state index in [-0.39, 0.29) is 6.61 Å². The summed E-state index contributed by atoms with van der Waals surface area (Å²) in [6.45, 7) is 4.54. The Bertz CT molecular complexity index is 334. The summed E-state index contributed by atoms with van der Waals surface area (Å²) >= 11 is 2.03. The lowest BCUT2D eigenvalue weighted by molar-refractivity contribution is 0.282. The molecule has 0 aliphatic carbocycles. The molecule has 0 saturated carbocycles. The number of rotatable bonds is 2. The third-order valence-corrected chi connectivity index (χ3v) is 3.74. The molecule has 1 saturated heterocycles. The molecular weight excluding hydrogens is 206 g/mol. The molecule has 2 nitrogen and oxygen atoms in total. The first kappa shape index (κ1) is 10.8. The van der Waals surface area contributed by atoms with Crippen LogP contribution in [0.3, 0.4) is 0 Å². The maximum Gasteiger partial charge on any atom is 0.0681 e. The number of hydrogen-bond acceptors (Lipinski definition) is 3. The highest BCUT2D eigenvalue weighted by atomic mass is 32.2. The van der Waals surface area contributed by atoms with E-state index in [0.29, 0.717) is 0 Å². The van der Waals surface area contributed by atoms with Gasteiger partial charge in [-0.2, -0.15) is 11.8 Å². The summed E-state index contributed by atoms with van der Waals surface area (Å²) in [7, 11) is 0. The Hall–Kier alpha value is -0.670. The highest BCUT2D eigenvalue weighted by molar-refractivity contribution is 7.99. The van der Waals surface area contributed by atoms with E-state index in [4.69, 9.17) is 5.11 Å². The Labute approximate surface area is 95.3 Å². The number of thioether (sulfide) groups is 1. The fourth-order valence-electron chi connectivity index (χ4n) is 1.97. The van der Waals surface area contributed by atoms with Gasteiger partial charge in [-0.05, 0) is 24.1 Å². The van der Waals surface area contributed by atoms with Crippen LogP contribution in [0.5, 0.6) is 0 Å². The number of anilines is 1. The molecule has 1 aliphatic heterocycles. The van der Waals surface area contributed by atoms with Gasteiger partial charge in [0.05, 0.1) is 6.61 Å². The van der Waals surface area contributed by atoms with E-state index < -0.39 is 0 Å². The van der Waals surface area contributed by atoms with Gasteiger partial charge in [0, 0.05) is 30.3 Å². The topological polar surface area (TPSA) is 23.5 Å². The number of aliphatic hydroxyl groups is 1. The molecule has 1 heterocycles. The highest BCUT2D eigenvalue weighted by Crippen LogP contribution is 2.24. The average Bonchev–Trinajstić information content (AvgIpc) is 2.30. The number of benzene rings is 1. The summed E-state index contributed by atoms with van der Waals surface area (Å²) < 4.78 is 0. The largest absolute Gasteiger partial charge is 0.392 e.